The lowest BCUT2D eigenvalue weighted by Gasteiger charge is -2.22. The molecule has 0 spiro atoms. The van der Waals surface area contributed by atoms with Crippen molar-refractivity contribution in [1.82, 2.24) is 16.0 Å². The van der Waals surface area contributed by atoms with Crippen molar-refractivity contribution in [2.45, 2.75) is 51.5 Å². The van der Waals surface area contributed by atoms with Crippen molar-refractivity contribution in [3.63, 3.8) is 0 Å². The summed E-state index contributed by atoms with van der Waals surface area (Å²) in [7, 11) is 1.83. The Morgan fingerprint density at radius 2 is 1.84 bits per heavy atom. The van der Waals surface area contributed by atoms with Gasteiger partial charge in [0.05, 0.1) is 0 Å². The van der Waals surface area contributed by atoms with Gasteiger partial charge in [0.15, 0.2) is 0 Å². The lowest BCUT2D eigenvalue weighted by Crippen LogP contribution is -2.46. The maximum absolute atomic E-state index is 11.9. The summed E-state index contributed by atoms with van der Waals surface area (Å²) in [4.78, 5) is 23.5. The van der Waals surface area contributed by atoms with E-state index in [1.807, 2.05) is 7.05 Å². The number of amides is 2. The zero-order chi connectivity index (χ0) is 14.1. The molecular formula is C14H27N3O2. The van der Waals surface area contributed by atoms with Gasteiger partial charge in [0.2, 0.25) is 11.8 Å². The topological polar surface area (TPSA) is 70.2 Å². The van der Waals surface area contributed by atoms with Gasteiger partial charge >= 0.3 is 0 Å². The Labute approximate surface area is 115 Å². The largest absolute Gasteiger partial charge is 0.353 e. The predicted octanol–water partition coefficient (Wildman–Crippen LogP) is 0.797. The lowest BCUT2D eigenvalue weighted by atomic mass is 9.87. The number of carbonyl (C=O) groups excluding carboxylic acids is 2. The average molecular weight is 269 g/mol. The van der Waals surface area contributed by atoms with E-state index in [-0.39, 0.29) is 11.8 Å². The number of rotatable bonds is 7. The molecule has 0 heterocycles. The summed E-state index contributed by atoms with van der Waals surface area (Å²) in [6, 6.07) is -0.451. The second-order valence-electron chi connectivity index (χ2n) is 5.39. The zero-order valence-corrected chi connectivity index (χ0v) is 12.1. The molecule has 0 radical (unpaired) electrons. The summed E-state index contributed by atoms with van der Waals surface area (Å²) in [5, 5.41) is 8.51. The molecule has 5 nitrogen and oxygen atoms in total. The molecule has 5 heteroatoms. The second-order valence-corrected chi connectivity index (χ2v) is 5.39. The van der Waals surface area contributed by atoms with E-state index in [2.05, 4.69) is 16.0 Å². The van der Waals surface area contributed by atoms with Gasteiger partial charge in [-0.2, -0.15) is 0 Å². The highest BCUT2D eigenvalue weighted by Crippen LogP contribution is 2.26. The van der Waals surface area contributed by atoms with Crippen LogP contribution in [0.15, 0.2) is 0 Å². The Morgan fingerprint density at radius 1 is 1.16 bits per heavy atom. The number of nitrogens with one attached hydrogen (secondary N) is 3. The fraction of sp³-hybridized carbons (Fsp3) is 0.857. The van der Waals surface area contributed by atoms with Gasteiger partial charge in [0.25, 0.3) is 0 Å². The first-order valence-electron chi connectivity index (χ1n) is 7.35. The minimum Gasteiger partial charge on any atom is -0.353 e. The maximum Gasteiger partial charge on any atom is 0.242 e. The molecule has 19 heavy (non-hydrogen) atoms. The molecule has 110 valence electrons. The Hall–Kier alpha value is -1.10. The molecule has 1 aliphatic rings. The second kappa shape index (κ2) is 8.91. The summed E-state index contributed by atoms with van der Waals surface area (Å²) in [6.07, 6.45) is 6.62. The summed E-state index contributed by atoms with van der Waals surface area (Å²) < 4.78 is 0. The first kappa shape index (κ1) is 16.0. The monoisotopic (exact) mass is 269 g/mol. The van der Waals surface area contributed by atoms with E-state index in [4.69, 9.17) is 0 Å². The van der Waals surface area contributed by atoms with Crippen LogP contribution in [0.1, 0.15) is 45.4 Å². The van der Waals surface area contributed by atoms with Gasteiger partial charge in [0.1, 0.15) is 6.04 Å². The first-order valence-corrected chi connectivity index (χ1v) is 7.35. The van der Waals surface area contributed by atoms with Gasteiger partial charge in [-0.1, -0.05) is 19.3 Å². The first-order chi connectivity index (χ1) is 9.13. The Kier molecular flexibility index (Phi) is 7.48. The van der Waals surface area contributed by atoms with Crippen molar-refractivity contribution in [2.75, 3.05) is 20.1 Å². The Balaban J connectivity index is 2.20. The highest BCUT2D eigenvalue weighted by molar-refractivity contribution is 5.87. The third-order valence-corrected chi connectivity index (χ3v) is 3.64. The zero-order valence-electron chi connectivity index (χ0n) is 12.1. The maximum atomic E-state index is 11.9. The van der Waals surface area contributed by atoms with Crippen molar-refractivity contribution in [3.05, 3.63) is 0 Å². The Morgan fingerprint density at radius 3 is 2.47 bits per heavy atom. The third kappa shape index (κ3) is 6.57. The molecule has 0 aromatic heterocycles. The van der Waals surface area contributed by atoms with Crippen LogP contribution in [0, 0.1) is 5.92 Å². The van der Waals surface area contributed by atoms with Crippen LogP contribution in [-0.4, -0.2) is 38.0 Å². The summed E-state index contributed by atoms with van der Waals surface area (Å²) in [5.41, 5.74) is 0. The molecule has 3 N–H and O–H groups in total. The molecule has 1 unspecified atom stereocenters. The van der Waals surface area contributed by atoms with E-state index in [1.165, 1.54) is 19.3 Å². The van der Waals surface area contributed by atoms with Crippen LogP contribution in [0.5, 0.6) is 0 Å². The van der Waals surface area contributed by atoms with Crippen molar-refractivity contribution >= 4 is 11.8 Å². The highest BCUT2D eigenvalue weighted by Gasteiger charge is 2.20. The summed E-state index contributed by atoms with van der Waals surface area (Å²) in [6.45, 7) is 3.04. The molecule has 0 aliphatic heterocycles. The van der Waals surface area contributed by atoms with E-state index in [0.29, 0.717) is 18.9 Å². The average Bonchev–Trinajstić information content (AvgIpc) is 2.39. The molecule has 0 aromatic rings. The van der Waals surface area contributed by atoms with Crippen LogP contribution in [0.2, 0.25) is 0 Å². The van der Waals surface area contributed by atoms with Gasteiger partial charge in [0, 0.05) is 19.5 Å². The van der Waals surface area contributed by atoms with Crippen molar-refractivity contribution in [2.24, 2.45) is 5.92 Å². The number of likely N-dealkylation sites (N-methyl/N-ethyl adjacent to an activating group) is 1. The minimum atomic E-state index is -0.451. The van der Waals surface area contributed by atoms with E-state index in [0.717, 1.165) is 19.4 Å². The quantitative estimate of drug-likeness (QED) is 0.599. The standard InChI is InChI=1S/C14H27N3O2/c1-11(14(19)16-9-8-15-2)17-13(18)10-12-6-4-3-5-7-12/h11-12,15H,3-10H2,1-2H3,(H,16,19)(H,17,18). The van der Waals surface area contributed by atoms with Gasteiger partial charge in [-0.05, 0) is 32.7 Å². The van der Waals surface area contributed by atoms with Crippen LogP contribution in [0.25, 0.3) is 0 Å². The number of carbonyl (C=O) groups is 2. The number of hydrogen-bond acceptors (Lipinski definition) is 3. The normalized spacial score (nSPS) is 17.8. The fourth-order valence-electron chi connectivity index (χ4n) is 2.48. The molecule has 1 fully saturated rings. The van der Waals surface area contributed by atoms with E-state index < -0.39 is 6.04 Å². The Bertz CT molecular complexity index is 288. The molecule has 1 atom stereocenters. The van der Waals surface area contributed by atoms with Crippen LogP contribution in [-0.2, 0) is 9.59 Å². The van der Waals surface area contributed by atoms with Gasteiger partial charge in [-0.25, -0.2) is 0 Å². The minimum absolute atomic E-state index is 0.00293. The van der Waals surface area contributed by atoms with Crippen LogP contribution in [0.3, 0.4) is 0 Å². The highest BCUT2D eigenvalue weighted by atomic mass is 16.2. The van der Waals surface area contributed by atoms with Crippen LogP contribution in [0.4, 0.5) is 0 Å². The van der Waals surface area contributed by atoms with Gasteiger partial charge < -0.3 is 16.0 Å². The van der Waals surface area contributed by atoms with Crippen molar-refractivity contribution in [3.8, 4) is 0 Å². The molecule has 1 rings (SSSR count). The van der Waals surface area contributed by atoms with E-state index >= 15 is 0 Å². The molecule has 1 aliphatic carbocycles. The van der Waals surface area contributed by atoms with Crippen molar-refractivity contribution < 1.29 is 9.59 Å². The number of hydrogen-bond donors (Lipinski definition) is 3. The van der Waals surface area contributed by atoms with Crippen LogP contribution >= 0.6 is 0 Å². The molecule has 2 amide bonds. The smallest absolute Gasteiger partial charge is 0.242 e. The third-order valence-electron chi connectivity index (χ3n) is 3.64. The summed E-state index contributed by atoms with van der Waals surface area (Å²) in [5.74, 6) is 0.392. The molecule has 0 saturated heterocycles. The van der Waals surface area contributed by atoms with E-state index in [1.54, 1.807) is 6.92 Å². The van der Waals surface area contributed by atoms with Crippen LogP contribution < -0.4 is 16.0 Å². The predicted molar refractivity (Wildman–Crippen MR) is 75.7 cm³/mol. The molecule has 0 aromatic carbocycles. The van der Waals surface area contributed by atoms with E-state index in [9.17, 15) is 9.59 Å². The SMILES string of the molecule is CNCCNC(=O)C(C)NC(=O)CC1CCCCC1. The summed E-state index contributed by atoms with van der Waals surface area (Å²) >= 11 is 0. The van der Waals surface area contributed by atoms with Gasteiger partial charge in [-0.15, -0.1) is 0 Å². The molecule has 1 saturated carbocycles. The van der Waals surface area contributed by atoms with Gasteiger partial charge in [-0.3, -0.25) is 9.59 Å². The lowest BCUT2D eigenvalue weighted by molar-refractivity contribution is -0.129. The molecular weight excluding hydrogens is 242 g/mol. The molecule has 0 bridgehead atoms. The fourth-order valence-corrected chi connectivity index (χ4v) is 2.48. The van der Waals surface area contributed by atoms with Crippen molar-refractivity contribution in [1.29, 1.82) is 0 Å².